The van der Waals surface area contributed by atoms with Crippen molar-refractivity contribution in [3.05, 3.63) is 41.5 Å². The van der Waals surface area contributed by atoms with E-state index in [0.29, 0.717) is 11.1 Å². The van der Waals surface area contributed by atoms with Gasteiger partial charge in [0.25, 0.3) is 0 Å². The maximum absolute atomic E-state index is 12.9. The second-order valence-electron chi connectivity index (χ2n) is 4.11. The molecule has 90 valence electrons. The number of allylic oxidation sites excluding steroid dienone is 1. The van der Waals surface area contributed by atoms with Crippen LogP contribution >= 0.6 is 0 Å². The highest BCUT2D eigenvalue weighted by Gasteiger charge is 2.13. The summed E-state index contributed by atoms with van der Waals surface area (Å²) in [6.07, 6.45) is 0. The minimum Gasteiger partial charge on any atom is -0.363 e. The van der Waals surface area contributed by atoms with Gasteiger partial charge in [-0.15, -0.1) is 0 Å². The van der Waals surface area contributed by atoms with Gasteiger partial charge in [-0.2, -0.15) is 5.26 Å². The van der Waals surface area contributed by atoms with E-state index >= 15 is 0 Å². The molecule has 0 aliphatic carbocycles. The summed E-state index contributed by atoms with van der Waals surface area (Å²) in [6.45, 7) is 0. The molecule has 0 fully saturated rings. The Labute approximate surface area is 101 Å². The summed E-state index contributed by atoms with van der Waals surface area (Å²) < 4.78 is 12.9. The Bertz CT molecular complexity index is 443. The summed E-state index contributed by atoms with van der Waals surface area (Å²) in [7, 11) is 7.48. The van der Waals surface area contributed by atoms with Gasteiger partial charge in [0.15, 0.2) is 0 Å². The Morgan fingerprint density at radius 1 is 1.06 bits per heavy atom. The molecule has 0 bridgehead atoms. The molecule has 0 heterocycles. The van der Waals surface area contributed by atoms with Gasteiger partial charge in [-0.05, 0) is 17.7 Å². The molecule has 1 aromatic carbocycles. The highest BCUT2D eigenvalue weighted by molar-refractivity contribution is 5.78. The van der Waals surface area contributed by atoms with E-state index in [1.807, 2.05) is 38.0 Å². The van der Waals surface area contributed by atoms with Crippen LogP contribution in [0.15, 0.2) is 30.1 Å². The zero-order valence-electron chi connectivity index (χ0n) is 10.5. The minimum atomic E-state index is -0.303. The largest absolute Gasteiger partial charge is 0.363 e. The number of nitriles is 1. The normalized spacial score (nSPS) is 9.41. The Hall–Kier alpha value is -2.02. The van der Waals surface area contributed by atoms with E-state index in [2.05, 4.69) is 6.07 Å². The van der Waals surface area contributed by atoms with Gasteiger partial charge >= 0.3 is 0 Å². The number of benzene rings is 1. The molecular weight excluding hydrogens is 217 g/mol. The summed E-state index contributed by atoms with van der Waals surface area (Å²) in [5.41, 5.74) is 1.24. The van der Waals surface area contributed by atoms with E-state index in [1.54, 1.807) is 12.1 Å². The van der Waals surface area contributed by atoms with E-state index in [-0.39, 0.29) is 5.82 Å². The minimum absolute atomic E-state index is 0.303. The van der Waals surface area contributed by atoms with Crippen LogP contribution in [0.5, 0.6) is 0 Å². The number of hydrogen-bond donors (Lipinski definition) is 0. The molecule has 1 aromatic rings. The molecule has 0 atom stereocenters. The molecular formula is C13H16FN3. The van der Waals surface area contributed by atoms with Crippen LogP contribution in [0.4, 0.5) is 4.39 Å². The first-order valence-electron chi connectivity index (χ1n) is 5.22. The molecule has 0 aliphatic heterocycles. The van der Waals surface area contributed by atoms with Gasteiger partial charge in [-0.25, -0.2) is 4.39 Å². The van der Waals surface area contributed by atoms with Crippen LogP contribution in [0.25, 0.3) is 5.57 Å². The predicted molar refractivity (Wildman–Crippen MR) is 66.3 cm³/mol. The van der Waals surface area contributed by atoms with Crippen molar-refractivity contribution in [3.8, 4) is 6.07 Å². The fourth-order valence-corrected chi connectivity index (χ4v) is 1.71. The zero-order valence-corrected chi connectivity index (χ0v) is 10.5. The van der Waals surface area contributed by atoms with Crippen LogP contribution in [0.1, 0.15) is 5.56 Å². The first-order chi connectivity index (χ1) is 7.97. The Kier molecular flexibility index (Phi) is 4.11. The van der Waals surface area contributed by atoms with E-state index in [4.69, 9.17) is 0 Å². The van der Waals surface area contributed by atoms with Crippen LogP contribution in [0, 0.1) is 17.1 Å². The van der Waals surface area contributed by atoms with Crippen LogP contribution in [-0.2, 0) is 0 Å². The highest BCUT2D eigenvalue weighted by atomic mass is 19.1. The maximum atomic E-state index is 12.9. The third-order valence-corrected chi connectivity index (χ3v) is 2.32. The zero-order chi connectivity index (χ0) is 13.0. The van der Waals surface area contributed by atoms with Crippen LogP contribution in [0.2, 0.25) is 0 Å². The second kappa shape index (κ2) is 5.35. The van der Waals surface area contributed by atoms with Crippen molar-refractivity contribution < 1.29 is 4.39 Å². The standard InChI is InChI=1S/C13H16FN3/c1-16(2)13(17(3)4)12(9-15)10-5-7-11(14)8-6-10/h5-8H,1-4H3. The van der Waals surface area contributed by atoms with Crippen molar-refractivity contribution in [2.24, 2.45) is 0 Å². The summed E-state index contributed by atoms with van der Waals surface area (Å²) in [4.78, 5) is 3.73. The molecule has 0 amide bonds. The third-order valence-electron chi connectivity index (χ3n) is 2.32. The topological polar surface area (TPSA) is 30.3 Å². The second-order valence-corrected chi connectivity index (χ2v) is 4.11. The predicted octanol–water partition coefficient (Wildman–Crippen LogP) is 2.14. The van der Waals surface area contributed by atoms with E-state index in [0.717, 1.165) is 5.82 Å². The first-order valence-corrected chi connectivity index (χ1v) is 5.22. The Balaban J connectivity index is 3.35. The van der Waals surface area contributed by atoms with Crippen LogP contribution < -0.4 is 0 Å². The molecule has 0 aliphatic rings. The van der Waals surface area contributed by atoms with Gasteiger partial charge in [0.2, 0.25) is 0 Å². The fourth-order valence-electron chi connectivity index (χ4n) is 1.71. The molecule has 0 radical (unpaired) electrons. The molecule has 0 aromatic heterocycles. The molecule has 0 saturated heterocycles. The summed E-state index contributed by atoms with van der Waals surface area (Å²) >= 11 is 0. The first kappa shape index (κ1) is 13.0. The lowest BCUT2D eigenvalue weighted by Crippen LogP contribution is -2.26. The van der Waals surface area contributed by atoms with Crippen LogP contribution in [0.3, 0.4) is 0 Å². The SMILES string of the molecule is CN(C)C(=C(C#N)c1ccc(F)cc1)N(C)C. The van der Waals surface area contributed by atoms with E-state index < -0.39 is 0 Å². The molecule has 1 rings (SSSR count). The highest BCUT2D eigenvalue weighted by Crippen LogP contribution is 2.21. The van der Waals surface area contributed by atoms with Crippen molar-refractivity contribution in [1.29, 1.82) is 5.26 Å². The van der Waals surface area contributed by atoms with Gasteiger partial charge in [-0.3, -0.25) is 0 Å². The molecule has 3 nitrogen and oxygen atoms in total. The van der Waals surface area contributed by atoms with Gasteiger partial charge in [0.05, 0.1) is 5.57 Å². The van der Waals surface area contributed by atoms with Crippen molar-refractivity contribution in [2.75, 3.05) is 28.2 Å². The number of rotatable bonds is 3. The molecule has 0 N–H and O–H groups in total. The van der Waals surface area contributed by atoms with Gasteiger partial charge < -0.3 is 9.80 Å². The van der Waals surface area contributed by atoms with Crippen LogP contribution in [-0.4, -0.2) is 38.0 Å². The monoisotopic (exact) mass is 233 g/mol. The van der Waals surface area contributed by atoms with Crippen molar-refractivity contribution in [3.63, 3.8) is 0 Å². The molecule has 17 heavy (non-hydrogen) atoms. The molecule has 0 unspecified atom stereocenters. The summed E-state index contributed by atoms with van der Waals surface area (Å²) in [5.74, 6) is 0.487. The molecule has 4 heteroatoms. The number of hydrogen-bond acceptors (Lipinski definition) is 3. The van der Waals surface area contributed by atoms with Gasteiger partial charge in [-0.1, -0.05) is 12.1 Å². The van der Waals surface area contributed by atoms with Crippen molar-refractivity contribution in [1.82, 2.24) is 9.80 Å². The molecule has 0 spiro atoms. The lowest BCUT2D eigenvalue weighted by atomic mass is 10.1. The van der Waals surface area contributed by atoms with Gasteiger partial charge in [0.1, 0.15) is 17.7 Å². The van der Waals surface area contributed by atoms with Crippen molar-refractivity contribution >= 4 is 5.57 Å². The Morgan fingerprint density at radius 3 is 1.88 bits per heavy atom. The maximum Gasteiger partial charge on any atom is 0.123 e. The van der Waals surface area contributed by atoms with E-state index in [9.17, 15) is 9.65 Å². The average molecular weight is 233 g/mol. The Morgan fingerprint density at radius 2 is 1.53 bits per heavy atom. The average Bonchev–Trinajstić information content (AvgIpc) is 2.26. The quantitative estimate of drug-likeness (QED) is 0.749. The summed E-state index contributed by atoms with van der Waals surface area (Å²) in [6, 6.07) is 8.11. The lowest BCUT2D eigenvalue weighted by Gasteiger charge is -2.26. The van der Waals surface area contributed by atoms with E-state index in [1.165, 1.54) is 12.1 Å². The lowest BCUT2D eigenvalue weighted by molar-refractivity contribution is 0.346. The van der Waals surface area contributed by atoms with Crippen molar-refractivity contribution in [2.45, 2.75) is 0 Å². The number of nitrogens with zero attached hydrogens (tertiary/aromatic N) is 3. The smallest absolute Gasteiger partial charge is 0.123 e. The molecule has 0 saturated carbocycles. The number of halogens is 1. The third kappa shape index (κ3) is 2.97. The van der Waals surface area contributed by atoms with Gasteiger partial charge in [0, 0.05) is 28.2 Å². The fraction of sp³-hybridized carbons (Fsp3) is 0.308. The summed E-state index contributed by atoms with van der Waals surface area (Å²) in [5, 5.41) is 9.26.